The summed E-state index contributed by atoms with van der Waals surface area (Å²) in [5.41, 5.74) is 4.64. The van der Waals surface area contributed by atoms with Crippen molar-refractivity contribution in [2.45, 2.75) is 76.7 Å². The lowest BCUT2D eigenvalue weighted by molar-refractivity contribution is 0.0292. The summed E-state index contributed by atoms with van der Waals surface area (Å²) in [4.78, 5) is 6.18. The van der Waals surface area contributed by atoms with Gasteiger partial charge in [-0.2, -0.15) is 5.26 Å². The topological polar surface area (TPSA) is 52.0 Å². The van der Waals surface area contributed by atoms with Crippen LogP contribution in [0.1, 0.15) is 63.1 Å². The van der Waals surface area contributed by atoms with Crippen molar-refractivity contribution in [3.05, 3.63) is 65.2 Å². The highest BCUT2D eigenvalue weighted by molar-refractivity contribution is 6.92. The van der Waals surface area contributed by atoms with Gasteiger partial charge in [0.15, 0.2) is 0 Å². The van der Waals surface area contributed by atoms with E-state index in [0.29, 0.717) is 18.1 Å². The summed E-state index contributed by atoms with van der Waals surface area (Å²) in [5, 5.41) is 12.2. The molecule has 4 rings (SSSR count). The van der Waals surface area contributed by atoms with Gasteiger partial charge in [0, 0.05) is 33.9 Å². The molecule has 0 atom stereocenters. The largest absolute Gasteiger partial charge is 0.376 e. The van der Waals surface area contributed by atoms with Gasteiger partial charge in [-0.05, 0) is 74.5 Å². The summed E-state index contributed by atoms with van der Waals surface area (Å²) in [7, 11) is 2.62. The molecule has 0 spiro atoms. The molecule has 1 fully saturated rings. The molecule has 0 aliphatic heterocycles. The third-order valence-corrected chi connectivity index (χ3v) is 14.7. The molecule has 3 aromatic rings. The number of ether oxygens (including phenoxy) is 1. The first-order chi connectivity index (χ1) is 17.0. The van der Waals surface area contributed by atoms with Crippen LogP contribution >= 0.6 is 0 Å². The normalized spacial score (nSPS) is 21.1. The van der Waals surface area contributed by atoms with E-state index in [9.17, 15) is 5.26 Å². The van der Waals surface area contributed by atoms with Crippen LogP contribution in [0.4, 0.5) is 0 Å². The minimum atomic E-state index is -1.82. The quantitative estimate of drug-likeness (QED) is 0.358. The molecule has 1 aromatic heterocycles. The minimum absolute atomic E-state index is 0.123. The van der Waals surface area contributed by atoms with E-state index in [1.54, 1.807) is 0 Å². The van der Waals surface area contributed by atoms with Gasteiger partial charge < -0.3 is 9.72 Å². The van der Waals surface area contributed by atoms with Gasteiger partial charge in [-0.3, -0.25) is 4.90 Å². The molecule has 0 radical (unpaired) electrons. The summed E-state index contributed by atoms with van der Waals surface area (Å²) < 4.78 is 6.49. The second-order valence-corrected chi connectivity index (χ2v) is 17.7. The average Bonchev–Trinajstić information content (AvgIpc) is 3.22. The second-order valence-electron chi connectivity index (χ2n) is 12.5. The Kier molecular flexibility index (Phi) is 7.53. The number of fused-ring (bicyclic) bond motifs is 1. The third kappa shape index (κ3) is 4.92. The van der Waals surface area contributed by atoms with Crippen molar-refractivity contribution in [1.29, 1.82) is 5.26 Å². The van der Waals surface area contributed by atoms with Gasteiger partial charge in [-0.25, -0.2) is 0 Å². The first-order valence-electron chi connectivity index (χ1n) is 13.4. The van der Waals surface area contributed by atoms with E-state index >= 15 is 0 Å². The Morgan fingerprint density at radius 3 is 2.33 bits per heavy atom. The van der Waals surface area contributed by atoms with Crippen LogP contribution in [0.3, 0.4) is 0 Å². The van der Waals surface area contributed by atoms with Crippen LogP contribution in [0, 0.1) is 17.2 Å². The van der Waals surface area contributed by atoms with E-state index in [-0.39, 0.29) is 10.6 Å². The molecule has 1 aliphatic rings. The van der Waals surface area contributed by atoms with Crippen molar-refractivity contribution < 1.29 is 4.74 Å². The lowest BCUT2D eigenvalue weighted by atomic mass is 9.72. The van der Waals surface area contributed by atoms with Crippen molar-refractivity contribution in [3.8, 4) is 6.07 Å². The molecule has 5 heteroatoms. The number of nitrogens with one attached hydrogen (secondary N) is 1. The fraction of sp³-hybridized carbons (Fsp3) is 0.516. The molecule has 1 saturated carbocycles. The highest BCUT2D eigenvalue weighted by atomic mass is 28.3. The Bertz CT molecular complexity index is 1220. The van der Waals surface area contributed by atoms with Crippen LogP contribution in [0.2, 0.25) is 18.1 Å². The first kappa shape index (κ1) is 26.7. The Hall–Kier alpha value is -2.39. The molecular weight excluding hydrogens is 458 g/mol. The SMILES string of the molecule is CN(C)C1(c2ccccc2)CCC(COCc2c([Si](C)(C)C(C)(C)C)[nH]c3ccc(C#N)cc23)CC1. The van der Waals surface area contributed by atoms with Crippen molar-refractivity contribution in [2.24, 2.45) is 5.92 Å². The number of hydrogen-bond donors (Lipinski definition) is 1. The van der Waals surface area contributed by atoms with Gasteiger partial charge >= 0.3 is 0 Å². The van der Waals surface area contributed by atoms with Crippen molar-refractivity contribution in [3.63, 3.8) is 0 Å². The number of H-pyrrole nitrogens is 1. The van der Waals surface area contributed by atoms with E-state index in [2.05, 4.69) is 100 Å². The van der Waals surface area contributed by atoms with Crippen LogP contribution in [-0.2, 0) is 16.9 Å². The highest BCUT2D eigenvalue weighted by Gasteiger charge is 2.41. The predicted octanol–water partition coefficient (Wildman–Crippen LogP) is 6.92. The molecule has 1 aliphatic carbocycles. The van der Waals surface area contributed by atoms with Crippen LogP contribution in [0.5, 0.6) is 0 Å². The molecule has 0 amide bonds. The van der Waals surface area contributed by atoms with E-state index in [0.717, 1.165) is 30.4 Å². The Labute approximate surface area is 218 Å². The maximum Gasteiger partial charge on any atom is 0.107 e. The summed E-state index contributed by atoms with van der Waals surface area (Å²) in [6.45, 7) is 13.3. The lowest BCUT2D eigenvalue weighted by Gasteiger charge is -2.45. The standard InChI is InChI=1S/C31H43N3OSi/c1-30(2,3)36(6,7)29-27(26-19-24(20-32)13-14-28(26)33-29)22-35-21-23-15-17-31(18-16-23,34(4)5)25-11-9-8-10-12-25/h8-14,19,23,33H,15-18,21-22H2,1-7H3. The lowest BCUT2D eigenvalue weighted by Crippen LogP contribution is -2.51. The van der Waals surface area contributed by atoms with Crippen molar-refractivity contribution >= 4 is 24.3 Å². The first-order valence-corrected chi connectivity index (χ1v) is 16.4. The number of nitriles is 1. The predicted molar refractivity (Wildman–Crippen MR) is 153 cm³/mol. The Morgan fingerprint density at radius 1 is 1.08 bits per heavy atom. The van der Waals surface area contributed by atoms with Gasteiger partial charge in [0.2, 0.25) is 0 Å². The third-order valence-electron chi connectivity index (χ3n) is 9.23. The fourth-order valence-corrected chi connectivity index (χ4v) is 7.93. The summed E-state index contributed by atoms with van der Waals surface area (Å²) in [6.07, 6.45) is 4.67. The average molecular weight is 502 g/mol. The molecular formula is C31H43N3OSi. The monoisotopic (exact) mass is 501 g/mol. The maximum atomic E-state index is 9.51. The Morgan fingerprint density at radius 2 is 1.75 bits per heavy atom. The number of hydrogen-bond acceptors (Lipinski definition) is 3. The number of nitrogens with zero attached hydrogens (tertiary/aromatic N) is 2. The fourth-order valence-electron chi connectivity index (χ4n) is 5.77. The molecule has 1 heterocycles. The molecule has 4 nitrogen and oxygen atoms in total. The van der Waals surface area contributed by atoms with E-state index < -0.39 is 8.07 Å². The molecule has 0 unspecified atom stereocenters. The zero-order valence-corrected chi connectivity index (χ0v) is 24.2. The van der Waals surface area contributed by atoms with E-state index in [1.807, 2.05) is 12.1 Å². The van der Waals surface area contributed by atoms with E-state index in [1.165, 1.54) is 29.3 Å². The molecule has 0 bridgehead atoms. The smallest absolute Gasteiger partial charge is 0.107 e. The van der Waals surface area contributed by atoms with Crippen LogP contribution in [0.25, 0.3) is 10.9 Å². The van der Waals surface area contributed by atoms with Crippen molar-refractivity contribution in [2.75, 3.05) is 20.7 Å². The second kappa shape index (κ2) is 10.2. The van der Waals surface area contributed by atoms with Crippen LogP contribution in [0.15, 0.2) is 48.5 Å². The maximum absolute atomic E-state index is 9.51. The summed E-state index contributed by atoms with van der Waals surface area (Å²) >= 11 is 0. The molecule has 36 heavy (non-hydrogen) atoms. The number of benzene rings is 2. The summed E-state index contributed by atoms with van der Waals surface area (Å²) in [6, 6.07) is 19.3. The molecule has 192 valence electrons. The molecule has 2 aromatic carbocycles. The minimum Gasteiger partial charge on any atom is -0.376 e. The van der Waals surface area contributed by atoms with Crippen molar-refractivity contribution in [1.82, 2.24) is 9.88 Å². The Balaban J connectivity index is 1.51. The van der Waals surface area contributed by atoms with Gasteiger partial charge in [-0.1, -0.05) is 64.2 Å². The van der Waals surface area contributed by atoms with Gasteiger partial charge in [0.05, 0.1) is 18.2 Å². The highest BCUT2D eigenvalue weighted by Crippen LogP contribution is 2.43. The van der Waals surface area contributed by atoms with Gasteiger partial charge in [0.25, 0.3) is 0 Å². The number of aromatic nitrogens is 1. The van der Waals surface area contributed by atoms with E-state index in [4.69, 9.17) is 4.74 Å². The van der Waals surface area contributed by atoms with Crippen LogP contribution in [-0.4, -0.2) is 38.7 Å². The summed E-state index contributed by atoms with van der Waals surface area (Å²) in [5.74, 6) is 0.581. The molecule has 1 N–H and O–H groups in total. The number of rotatable bonds is 7. The molecule has 0 saturated heterocycles. The zero-order chi connectivity index (χ0) is 26.1. The van der Waals surface area contributed by atoms with Gasteiger partial charge in [-0.15, -0.1) is 0 Å². The van der Waals surface area contributed by atoms with Crippen LogP contribution < -0.4 is 5.32 Å². The zero-order valence-electron chi connectivity index (χ0n) is 23.2. The van der Waals surface area contributed by atoms with Gasteiger partial charge in [0.1, 0.15) is 8.07 Å². The number of aromatic amines is 1.